The number of thioether (sulfide) groups is 1. The van der Waals surface area contributed by atoms with Crippen LogP contribution in [0.4, 0.5) is 5.69 Å². The summed E-state index contributed by atoms with van der Waals surface area (Å²) in [4.78, 5) is 12.3. The monoisotopic (exact) mass is 368 g/mol. The highest BCUT2D eigenvalue weighted by Gasteiger charge is 2.11. The molecule has 2 aromatic carbocycles. The number of nitrogens with one attached hydrogen (secondary N) is 1. The molecule has 1 aromatic heterocycles. The number of anilines is 1. The molecule has 0 bridgehead atoms. The van der Waals surface area contributed by atoms with E-state index < -0.39 is 0 Å². The molecule has 0 saturated carbocycles. The molecule has 0 fully saturated rings. The second-order valence-corrected chi connectivity index (χ2v) is 6.78. The number of methoxy groups -OCH3 is 1. The largest absolute Gasteiger partial charge is 0.497 e. The van der Waals surface area contributed by atoms with Gasteiger partial charge in [0.25, 0.3) is 0 Å². The lowest BCUT2D eigenvalue weighted by Crippen LogP contribution is -2.15. The van der Waals surface area contributed by atoms with Crippen molar-refractivity contribution in [2.45, 2.75) is 19.0 Å². The van der Waals surface area contributed by atoms with E-state index in [-0.39, 0.29) is 11.7 Å². The Morgan fingerprint density at radius 2 is 1.96 bits per heavy atom. The molecule has 26 heavy (non-hydrogen) atoms. The number of aromatic nitrogens is 3. The van der Waals surface area contributed by atoms with Gasteiger partial charge in [-0.25, -0.2) is 0 Å². The van der Waals surface area contributed by atoms with Crippen LogP contribution in [-0.2, 0) is 4.79 Å². The van der Waals surface area contributed by atoms with Crippen LogP contribution in [0, 0.1) is 13.8 Å². The first kappa shape index (κ1) is 18.0. The van der Waals surface area contributed by atoms with Crippen molar-refractivity contribution in [2.24, 2.45) is 0 Å². The topological polar surface area (TPSA) is 69.0 Å². The zero-order chi connectivity index (χ0) is 18.5. The third kappa shape index (κ3) is 4.23. The standard InChI is InChI=1S/C19H20N4O2S/c1-13-4-5-14(2)17(10-13)21-18(24)11-26-19-22-20-12-23(19)15-6-8-16(25-3)9-7-15/h4-10,12H,11H2,1-3H3,(H,21,24). The first-order valence-electron chi connectivity index (χ1n) is 8.11. The van der Waals surface area contributed by atoms with Gasteiger partial charge in [-0.1, -0.05) is 23.9 Å². The van der Waals surface area contributed by atoms with E-state index in [2.05, 4.69) is 15.5 Å². The number of benzene rings is 2. The molecule has 7 heteroatoms. The van der Waals surface area contributed by atoms with Crippen molar-refractivity contribution in [1.82, 2.24) is 14.8 Å². The summed E-state index contributed by atoms with van der Waals surface area (Å²) in [6, 6.07) is 13.6. The van der Waals surface area contributed by atoms with Gasteiger partial charge in [0.2, 0.25) is 5.91 Å². The molecule has 1 amide bonds. The van der Waals surface area contributed by atoms with Crippen molar-refractivity contribution in [3.63, 3.8) is 0 Å². The van der Waals surface area contributed by atoms with Crippen molar-refractivity contribution in [1.29, 1.82) is 0 Å². The van der Waals surface area contributed by atoms with Crippen LogP contribution in [0.25, 0.3) is 5.69 Å². The molecule has 1 heterocycles. The molecule has 1 N–H and O–H groups in total. The van der Waals surface area contributed by atoms with E-state index in [9.17, 15) is 4.79 Å². The van der Waals surface area contributed by atoms with Gasteiger partial charge in [0.05, 0.1) is 12.9 Å². The predicted octanol–water partition coefficient (Wildman–Crippen LogP) is 3.62. The normalized spacial score (nSPS) is 10.6. The van der Waals surface area contributed by atoms with E-state index in [4.69, 9.17) is 4.74 Å². The number of hydrogen-bond acceptors (Lipinski definition) is 5. The maximum absolute atomic E-state index is 12.3. The number of aryl methyl sites for hydroxylation is 2. The SMILES string of the molecule is COc1ccc(-n2cnnc2SCC(=O)Nc2cc(C)ccc2C)cc1. The van der Waals surface area contributed by atoms with Crippen LogP contribution < -0.4 is 10.1 Å². The van der Waals surface area contributed by atoms with Crippen molar-refractivity contribution in [3.8, 4) is 11.4 Å². The van der Waals surface area contributed by atoms with E-state index in [1.165, 1.54) is 11.8 Å². The minimum absolute atomic E-state index is 0.0759. The summed E-state index contributed by atoms with van der Waals surface area (Å²) in [5, 5.41) is 11.7. The highest BCUT2D eigenvalue weighted by Crippen LogP contribution is 2.22. The number of ether oxygens (including phenoxy) is 1. The molecule has 0 aliphatic carbocycles. The minimum atomic E-state index is -0.0759. The summed E-state index contributed by atoms with van der Waals surface area (Å²) < 4.78 is 7.01. The van der Waals surface area contributed by atoms with Gasteiger partial charge in [-0.2, -0.15) is 0 Å². The third-order valence-electron chi connectivity index (χ3n) is 3.87. The van der Waals surface area contributed by atoms with Crippen LogP contribution in [0.2, 0.25) is 0 Å². The van der Waals surface area contributed by atoms with Crippen LogP contribution in [0.1, 0.15) is 11.1 Å². The molecule has 0 aliphatic heterocycles. The molecule has 0 saturated heterocycles. The Morgan fingerprint density at radius 1 is 1.19 bits per heavy atom. The Labute approximate surface area is 156 Å². The second-order valence-electron chi connectivity index (χ2n) is 5.84. The Bertz CT molecular complexity index is 906. The lowest BCUT2D eigenvalue weighted by molar-refractivity contribution is -0.113. The molecular formula is C19H20N4O2S. The fourth-order valence-electron chi connectivity index (χ4n) is 2.43. The van der Waals surface area contributed by atoms with Gasteiger partial charge >= 0.3 is 0 Å². The average molecular weight is 368 g/mol. The van der Waals surface area contributed by atoms with Crippen LogP contribution in [0.5, 0.6) is 5.75 Å². The van der Waals surface area contributed by atoms with Crippen LogP contribution in [0.15, 0.2) is 53.9 Å². The Balaban J connectivity index is 1.66. The van der Waals surface area contributed by atoms with Gasteiger partial charge in [0.1, 0.15) is 12.1 Å². The Morgan fingerprint density at radius 3 is 2.69 bits per heavy atom. The third-order valence-corrected chi connectivity index (χ3v) is 4.81. The first-order valence-corrected chi connectivity index (χ1v) is 9.10. The van der Waals surface area contributed by atoms with Gasteiger partial charge < -0.3 is 10.1 Å². The Kier molecular flexibility index (Phi) is 5.58. The molecule has 0 spiro atoms. The van der Waals surface area contributed by atoms with Crippen molar-refractivity contribution in [3.05, 3.63) is 59.9 Å². The summed E-state index contributed by atoms with van der Waals surface area (Å²) in [6.07, 6.45) is 1.63. The van der Waals surface area contributed by atoms with Crippen molar-refractivity contribution >= 4 is 23.4 Å². The molecule has 0 unspecified atom stereocenters. The van der Waals surface area contributed by atoms with Gasteiger partial charge in [-0.15, -0.1) is 10.2 Å². The van der Waals surface area contributed by atoms with E-state index in [0.717, 1.165) is 28.3 Å². The summed E-state index contributed by atoms with van der Waals surface area (Å²) in [5.41, 5.74) is 3.90. The van der Waals surface area contributed by atoms with Crippen LogP contribution >= 0.6 is 11.8 Å². The number of hydrogen-bond donors (Lipinski definition) is 1. The lowest BCUT2D eigenvalue weighted by atomic mass is 10.1. The maximum atomic E-state index is 12.3. The molecule has 0 aliphatic rings. The maximum Gasteiger partial charge on any atom is 0.234 e. The second kappa shape index (κ2) is 8.05. The predicted molar refractivity (Wildman–Crippen MR) is 103 cm³/mol. The van der Waals surface area contributed by atoms with Gasteiger partial charge in [-0.05, 0) is 55.3 Å². The van der Waals surface area contributed by atoms with E-state index in [1.54, 1.807) is 13.4 Å². The molecule has 0 radical (unpaired) electrons. The molecule has 0 atom stereocenters. The zero-order valence-electron chi connectivity index (χ0n) is 14.9. The smallest absolute Gasteiger partial charge is 0.234 e. The summed E-state index contributed by atoms with van der Waals surface area (Å²) in [6.45, 7) is 3.98. The van der Waals surface area contributed by atoms with E-state index >= 15 is 0 Å². The number of amides is 1. The van der Waals surface area contributed by atoms with Crippen LogP contribution in [-0.4, -0.2) is 33.5 Å². The summed E-state index contributed by atoms with van der Waals surface area (Å²) in [7, 11) is 1.63. The zero-order valence-corrected chi connectivity index (χ0v) is 15.7. The van der Waals surface area contributed by atoms with Crippen molar-refractivity contribution in [2.75, 3.05) is 18.2 Å². The highest BCUT2D eigenvalue weighted by molar-refractivity contribution is 7.99. The highest BCUT2D eigenvalue weighted by atomic mass is 32.2. The number of nitrogens with zero attached hydrogens (tertiary/aromatic N) is 3. The first-order chi connectivity index (χ1) is 12.6. The minimum Gasteiger partial charge on any atom is -0.497 e. The molecule has 3 rings (SSSR count). The Hall–Kier alpha value is -2.80. The van der Waals surface area contributed by atoms with Crippen LogP contribution in [0.3, 0.4) is 0 Å². The van der Waals surface area contributed by atoms with E-state index in [1.807, 2.05) is 60.9 Å². The molecule has 134 valence electrons. The van der Waals surface area contributed by atoms with Crippen molar-refractivity contribution < 1.29 is 9.53 Å². The number of carbonyl (C=O) groups excluding carboxylic acids is 1. The van der Waals surface area contributed by atoms with E-state index in [0.29, 0.717) is 5.16 Å². The molecular weight excluding hydrogens is 348 g/mol. The van der Waals surface area contributed by atoms with Gasteiger partial charge in [-0.3, -0.25) is 9.36 Å². The summed E-state index contributed by atoms with van der Waals surface area (Å²) in [5.74, 6) is 0.958. The van der Waals surface area contributed by atoms with Gasteiger partial charge in [0, 0.05) is 11.4 Å². The quantitative estimate of drug-likeness (QED) is 0.673. The molecule has 3 aromatic rings. The lowest BCUT2D eigenvalue weighted by Gasteiger charge is -2.10. The summed E-state index contributed by atoms with van der Waals surface area (Å²) >= 11 is 1.34. The number of carbonyl (C=O) groups is 1. The number of rotatable bonds is 6. The average Bonchev–Trinajstić information content (AvgIpc) is 3.12. The van der Waals surface area contributed by atoms with Gasteiger partial charge in [0.15, 0.2) is 5.16 Å². The fourth-order valence-corrected chi connectivity index (χ4v) is 3.16. The molecule has 6 nitrogen and oxygen atoms in total. The fraction of sp³-hybridized carbons (Fsp3) is 0.211.